The van der Waals surface area contributed by atoms with E-state index in [2.05, 4.69) is 15.9 Å². The Morgan fingerprint density at radius 2 is 2.14 bits per heavy atom. The van der Waals surface area contributed by atoms with E-state index >= 15 is 0 Å². The van der Waals surface area contributed by atoms with E-state index in [0.717, 1.165) is 40.6 Å². The molecule has 0 amide bonds. The van der Waals surface area contributed by atoms with E-state index in [0.29, 0.717) is 18.6 Å². The van der Waals surface area contributed by atoms with Gasteiger partial charge in [0.15, 0.2) is 11.5 Å². The second-order valence-electron chi connectivity index (χ2n) is 5.98. The Morgan fingerprint density at radius 1 is 1.48 bits per heavy atom. The maximum atomic E-state index is 11.9. The Balaban J connectivity index is 2.20. The molecule has 0 bridgehead atoms. The minimum atomic E-state index is -0.799. The average molecular weight is 355 g/mol. The third-order valence-electron chi connectivity index (χ3n) is 4.69. The monoisotopic (exact) mass is 354 g/mol. The maximum absolute atomic E-state index is 11.9. The summed E-state index contributed by atoms with van der Waals surface area (Å²) in [5, 5.41) is 9.81. The molecule has 1 aliphatic carbocycles. The van der Waals surface area contributed by atoms with Gasteiger partial charge in [0, 0.05) is 16.5 Å². The van der Waals surface area contributed by atoms with Crippen molar-refractivity contribution >= 4 is 21.9 Å². The summed E-state index contributed by atoms with van der Waals surface area (Å²) in [6.07, 6.45) is 4.12. The molecular weight excluding hydrogens is 336 g/mol. The molecule has 2 aliphatic rings. The number of carboxylic acid groups (broad SMARTS) is 1. The molecule has 1 saturated carbocycles. The summed E-state index contributed by atoms with van der Waals surface area (Å²) in [5.41, 5.74) is 1.07. The number of aliphatic carboxylic acids is 1. The zero-order valence-electron chi connectivity index (χ0n) is 12.2. The van der Waals surface area contributed by atoms with Gasteiger partial charge in [0.1, 0.15) is 6.10 Å². The van der Waals surface area contributed by atoms with Crippen molar-refractivity contribution in [3.63, 3.8) is 0 Å². The minimum absolute atomic E-state index is 0.0878. The zero-order valence-corrected chi connectivity index (χ0v) is 13.8. The van der Waals surface area contributed by atoms with Gasteiger partial charge in [0.25, 0.3) is 0 Å². The van der Waals surface area contributed by atoms with Gasteiger partial charge in [0.2, 0.25) is 0 Å². The Kier molecular flexibility index (Phi) is 3.64. The molecule has 21 heavy (non-hydrogen) atoms. The second kappa shape index (κ2) is 5.20. The van der Waals surface area contributed by atoms with Crippen LogP contribution in [0, 0.1) is 0 Å². The highest BCUT2D eigenvalue weighted by molar-refractivity contribution is 9.10. The highest BCUT2D eigenvalue weighted by Gasteiger charge is 2.46. The van der Waals surface area contributed by atoms with Crippen molar-refractivity contribution in [3.8, 4) is 11.5 Å². The first-order chi connectivity index (χ1) is 9.99. The molecule has 3 rings (SSSR count). The standard InChI is InChI=1S/C16H19BrO4/c1-9-7-10-13(17)11(8-12(20-2)14(10)21-9)16(15(18)19)5-3-4-6-16/h8-9H,3-7H2,1-2H3,(H,18,19). The summed E-state index contributed by atoms with van der Waals surface area (Å²) in [6.45, 7) is 2.01. The van der Waals surface area contributed by atoms with E-state index in [9.17, 15) is 9.90 Å². The molecule has 114 valence electrons. The predicted octanol–water partition coefficient (Wildman–Crippen LogP) is 3.68. The second-order valence-corrected chi connectivity index (χ2v) is 6.77. The summed E-state index contributed by atoms with van der Waals surface area (Å²) >= 11 is 3.64. The van der Waals surface area contributed by atoms with Crippen LogP contribution in [0.3, 0.4) is 0 Å². The third-order valence-corrected chi connectivity index (χ3v) is 5.59. The summed E-state index contributed by atoms with van der Waals surface area (Å²) in [7, 11) is 1.60. The number of hydrogen-bond acceptors (Lipinski definition) is 3. The summed E-state index contributed by atoms with van der Waals surface area (Å²) in [4.78, 5) is 11.9. The number of methoxy groups -OCH3 is 1. The van der Waals surface area contributed by atoms with Gasteiger partial charge in [-0.1, -0.05) is 28.8 Å². The lowest BCUT2D eigenvalue weighted by Crippen LogP contribution is -2.33. The zero-order chi connectivity index (χ0) is 15.2. The highest BCUT2D eigenvalue weighted by atomic mass is 79.9. The molecule has 0 radical (unpaired) electrons. The van der Waals surface area contributed by atoms with Gasteiger partial charge >= 0.3 is 5.97 Å². The van der Waals surface area contributed by atoms with Gasteiger partial charge in [0.05, 0.1) is 12.5 Å². The fraction of sp³-hybridized carbons (Fsp3) is 0.562. The van der Waals surface area contributed by atoms with Crippen LogP contribution in [0.15, 0.2) is 10.5 Å². The highest BCUT2D eigenvalue weighted by Crippen LogP contribution is 2.51. The van der Waals surface area contributed by atoms with Crippen molar-refractivity contribution in [1.29, 1.82) is 0 Å². The average Bonchev–Trinajstić information content (AvgIpc) is 3.06. The smallest absolute Gasteiger partial charge is 0.314 e. The molecule has 1 aromatic carbocycles. The molecule has 1 N–H and O–H groups in total. The van der Waals surface area contributed by atoms with E-state index < -0.39 is 11.4 Å². The van der Waals surface area contributed by atoms with Crippen molar-refractivity contribution in [2.45, 2.75) is 50.5 Å². The van der Waals surface area contributed by atoms with Gasteiger partial charge in [-0.2, -0.15) is 0 Å². The lowest BCUT2D eigenvalue weighted by atomic mass is 9.78. The number of ether oxygens (including phenoxy) is 2. The molecular formula is C16H19BrO4. The van der Waals surface area contributed by atoms with Crippen LogP contribution in [-0.2, 0) is 16.6 Å². The quantitative estimate of drug-likeness (QED) is 0.899. The maximum Gasteiger partial charge on any atom is 0.314 e. The summed E-state index contributed by atoms with van der Waals surface area (Å²) in [6, 6.07) is 1.85. The van der Waals surface area contributed by atoms with Crippen LogP contribution < -0.4 is 9.47 Å². The number of fused-ring (bicyclic) bond motifs is 1. The Labute approximate surface area is 132 Å². The molecule has 1 aromatic rings. The number of carboxylic acids is 1. The lowest BCUT2D eigenvalue weighted by Gasteiger charge is -2.27. The Hall–Kier alpha value is -1.23. The first kappa shape index (κ1) is 14.7. The van der Waals surface area contributed by atoms with Crippen molar-refractivity contribution < 1.29 is 19.4 Å². The van der Waals surface area contributed by atoms with Crippen LogP contribution >= 0.6 is 15.9 Å². The number of hydrogen-bond donors (Lipinski definition) is 1. The van der Waals surface area contributed by atoms with Crippen LogP contribution in [0.4, 0.5) is 0 Å². The fourth-order valence-electron chi connectivity index (χ4n) is 3.59. The third kappa shape index (κ3) is 2.13. The van der Waals surface area contributed by atoms with Gasteiger partial charge in [-0.3, -0.25) is 4.79 Å². The number of rotatable bonds is 3. The van der Waals surface area contributed by atoms with Gasteiger partial charge < -0.3 is 14.6 Å². The Morgan fingerprint density at radius 3 is 2.71 bits per heavy atom. The predicted molar refractivity (Wildman–Crippen MR) is 82.3 cm³/mol. The molecule has 1 fully saturated rings. The minimum Gasteiger partial charge on any atom is -0.493 e. The van der Waals surface area contributed by atoms with E-state index in [1.807, 2.05) is 13.0 Å². The van der Waals surface area contributed by atoms with Gasteiger partial charge in [-0.25, -0.2) is 0 Å². The molecule has 0 aromatic heterocycles. The van der Waals surface area contributed by atoms with Crippen molar-refractivity contribution in [2.24, 2.45) is 0 Å². The largest absolute Gasteiger partial charge is 0.493 e. The lowest BCUT2D eigenvalue weighted by molar-refractivity contribution is -0.143. The van der Waals surface area contributed by atoms with E-state index in [1.165, 1.54) is 0 Å². The molecule has 5 heteroatoms. The van der Waals surface area contributed by atoms with Crippen molar-refractivity contribution in [1.82, 2.24) is 0 Å². The Bertz CT molecular complexity index is 590. The van der Waals surface area contributed by atoms with Crippen LogP contribution in [0.1, 0.15) is 43.7 Å². The van der Waals surface area contributed by atoms with E-state index in [-0.39, 0.29) is 6.10 Å². The molecule has 0 spiro atoms. The topological polar surface area (TPSA) is 55.8 Å². The van der Waals surface area contributed by atoms with Crippen LogP contribution in [0.25, 0.3) is 0 Å². The number of halogens is 1. The molecule has 0 saturated heterocycles. The van der Waals surface area contributed by atoms with Crippen LogP contribution in [0.2, 0.25) is 0 Å². The SMILES string of the molecule is COc1cc(C2(C(=O)O)CCCC2)c(Br)c2c1OC(C)C2. The summed E-state index contributed by atoms with van der Waals surface area (Å²) in [5.74, 6) is 0.647. The summed E-state index contributed by atoms with van der Waals surface area (Å²) < 4.78 is 12.1. The first-order valence-electron chi connectivity index (χ1n) is 7.29. The van der Waals surface area contributed by atoms with Crippen molar-refractivity contribution in [2.75, 3.05) is 7.11 Å². The van der Waals surface area contributed by atoms with E-state index in [1.54, 1.807) is 7.11 Å². The molecule has 1 heterocycles. The van der Waals surface area contributed by atoms with Crippen molar-refractivity contribution in [3.05, 3.63) is 21.7 Å². The number of carbonyl (C=O) groups is 1. The van der Waals surface area contributed by atoms with Gasteiger partial charge in [-0.05, 0) is 31.4 Å². The molecule has 1 unspecified atom stereocenters. The van der Waals surface area contributed by atoms with Gasteiger partial charge in [-0.15, -0.1) is 0 Å². The van der Waals surface area contributed by atoms with Crippen LogP contribution in [-0.4, -0.2) is 24.3 Å². The van der Waals surface area contributed by atoms with E-state index in [4.69, 9.17) is 9.47 Å². The number of benzene rings is 1. The molecule has 4 nitrogen and oxygen atoms in total. The normalized spacial score (nSPS) is 22.7. The fourth-order valence-corrected chi connectivity index (χ4v) is 4.43. The first-order valence-corrected chi connectivity index (χ1v) is 8.09. The van der Waals surface area contributed by atoms with Crippen LogP contribution in [0.5, 0.6) is 11.5 Å². The molecule has 1 aliphatic heterocycles. The molecule has 1 atom stereocenters.